The number of hydrogen-bond acceptors (Lipinski definition) is 4. The second-order valence-corrected chi connectivity index (χ2v) is 4.96. The molecule has 100 valence electrons. The van der Waals surface area contributed by atoms with Crippen LogP contribution in [-0.2, 0) is 16.0 Å². The normalized spacial score (nSPS) is 12.2. The third kappa shape index (κ3) is 3.44. The third-order valence-corrected chi connectivity index (χ3v) is 3.46. The second-order valence-electron chi connectivity index (χ2n) is 4.24. The molecule has 2 rings (SSSR count). The van der Waals surface area contributed by atoms with Crippen LogP contribution in [0.4, 0.5) is 0 Å². The van der Waals surface area contributed by atoms with Crippen molar-refractivity contribution in [2.75, 3.05) is 0 Å². The van der Waals surface area contributed by atoms with E-state index in [9.17, 15) is 4.79 Å². The van der Waals surface area contributed by atoms with Gasteiger partial charge in [-0.25, -0.2) is 0 Å². The Bertz CT molecular complexity index is 546. The molecule has 19 heavy (non-hydrogen) atoms. The minimum Gasteiger partial charge on any atom is -0.458 e. The van der Waals surface area contributed by atoms with Crippen molar-refractivity contribution >= 4 is 21.9 Å². The van der Waals surface area contributed by atoms with Gasteiger partial charge in [-0.2, -0.15) is 0 Å². The van der Waals surface area contributed by atoms with Crippen LogP contribution in [0.5, 0.6) is 0 Å². The number of ether oxygens (including phenoxy) is 1. The lowest BCUT2D eigenvalue weighted by atomic mass is 10.1. The van der Waals surface area contributed by atoms with Crippen LogP contribution < -0.4 is 0 Å². The Morgan fingerprint density at radius 2 is 2.11 bits per heavy atom. The maximum Gasteiger partial charge on any atom is 0.311 e. The summed E-state index contributed by atoms with van der Waals surface area (Å²) in [6, 6.07) is 9.62. The fourth-order valence-corrected chi connectivity index (χ4v) is 2.23. The molecule has 0 unspecified atom stereocenters. The van der Waals surface area contributed by atoms with Gasteiger partial charge in [-0.1, -0.05) is 35.5 Å². The van der Waals surface area contributed by atoms with Gasteiger partial charge in [0.25, 0.3) is 0 Å². The summed E-state index contributed by atoms with van der Waals surface area (Å²) in [6.07, 6.45) is -0.125. The zero-order valence-corrected chi connectivity index (χ0v) is 12.3. The highest BCUT2D eigenvalue weighted by atomic mass is 79.9. The van der Waals surface area contributed by atoms with E-state index in [1.54, 1.807) is 6.92 Å². The molecule has 0 fully saturated rings. The van der Waals surface area contributed by atoms with Gasteiger partial charge >= 0.3 is 5.97 Å². The molecular weight excluding hydrogens is 310 g/mol. The molecule has 0 aliphatic rings. The first-order valence-electron chi connectivity index (χ1n) is 5.93. The van der Waals surface area contributed by atoms with Crippen molar-refractivity contribution in [3.8, 4) is 0 Å². The van der Waals surface area contributed by atoms with Gasteiger partial charge in [0.05, 0.1) is 12.1 Å². The second kappa shape index (κ2) is 6.02. The SMILES string of the molecule is Cc1noc(Br)c1CC(=O)O[C@H](C)c1ccccc1. The van der Waals surface area contributed by atoms with E-state index >= 15 is 0 Å². The van der Waals surface area contributed by atoms with Gasteiger partial charge in [-0.05, 0) is 35.3 Å². The molecule has 5 heteroatoms. The molecule has 0 saturated heterocycles. The smallest absolute Gasteiger partial charge is 0.311 e. The number of halogens is 1. The quantitative estimate of drug-likeness (QED) is 0.807. The number of aryl methyl sites for hydroxylation is 1. The summed E-state index contributed by atoms with van der Waals surface area (Å²) < 4.78 is 10.8. The first kappa shape index (κ1) is 13.8. The number of carbonyl (C=O) groups excluding carboxylic acids is 1. The van der Waals surface area contributed by atoms with Crippen molar-refractivity contribution in [3.05, 3.63) is 51.8 Å². The van der Waals surface area contributed by atoms with Crippen molar-refractivity contribution < 1.29 is 14.1 Å². The van der Waals surface area contributed by atoms with E-state index in [4.69, 9.17) is 9.26 Å². The number of rotatable bonds is 4. The van der Waals surface area contributed by atoms with Crippen LogP contribution in [0.15, 0.2) is 39.5 Å². The standard InChI is InChI=1S/C14H14BrNO3/c1-9-12(14(15)19-16-9)8-13(17)18-10(2)11-6-4-3-5-7-11/h3-7,10H,8H2,1-2H3/t10-/m1/s1. The van der Waals surface area contributed by atoms with Crippen LogP contribution in [0.25, 0.3) is 0 Å². The van der Waals surface area contributed by atoms with E-state index in [1.165, 1.54) is 0 Å². The number of nitrogens with zero attached hydrogens (tertiary/aromatic N) is 1. The summed E-state index contributed by atoms with van der Waals surface area (Å²) in [5.74, 6) is -0.302. The molecule has 1 aromatic carbocycles. The number of esters is 1. The molecule has 0 bridgehead atoms. The Hall–Kier alpha value is -1.62. The van der Waals surface area contributed by atoms with Crippen molar-refractivity contribution in [2.24, 2.45) is 0 Å². The van der Waals surface area contributed by atoms with Crippen LogP contribution in [0.1, 0.15) is 29.8 Å². The minimum atomic E-state index is -0.302. The Balaban J connectivity index is 1.99. The van der Waals surface area contributed by atoms with Crippen molar-refractivity contribution in [1.29, 1.82) is 0 Å². The Labute approximate surface area is 119 Å². The van der Waals surface area contributed by atoms with E-state index in [0.717, 1.165) is 11.1 Å². The van der Waals surface area contributed by atoms with E-state index in [1.807, 2.05) is 37.3 Å². The molecular formula is C14H14BrNO3. The number of aromatic nitrogens is 1. The molecule has 4 nitrogen and oxygen atoms in total. The first-order chi connectivity index (χ1) is 9.08. The van der Waals surface area contributed by atoms with Crippen LogP contribution in [-0.4, -0.2) is 11.1 Å². The monoisotopic (exact) mass is 323 g/mol. The van der Waals surface area contributed by atoms with E-state index in [2.05, 4.69) is 21.1 Å². The highest BCUT2D eigenvalue weighted by Gasteiger charge is 2.17. The predicted octanol–water partition coefficient (Wildman–Crippen LogP) is 3.59. The fourth-order valence-electron chi connectivity index (χ4n) is 1.73. The lowest BCUT2D eigenvalue weighted by molar-refractivity contribution is -0.147. The maximum atomic E-state index is 11.9. The van der Waals surface area contributed by atoms with Gasteiger partial charge in [0.2, 0.25) is 4.67 Å². The summed E-state index contributed by atoms with van der Waals surface area (Å²) in [5, 5.41) is 3.78. The summed E-state index contributed by atoms with van der Waals surface area (Å²) in [4.78, 5) is 11.9. The van der Waals surface area contributed by atoms with Gasteiger partial charge in [0, 0.05) is 5.56 Å². The molecule has 1 aromatic heterocycles. The predicted molar refractivity (Wildman–Crippen MR) is 73.6 cm³/mol. The largest absolute Gasteiger partial charge is 0.458 e. The molecule has 2 aromatic rings. The zero-order chi connectivity index (χ0) is 13.8. The lowest BCUT2D eigenvalue weighted by Gasteiger charge is -2.13. The molecule has 1 heterocycles. The van der Waals surface area contributed by atoms with E-state index in [0.29, 0.717) is 10.4 Å². The van der Waals surface area contributed by atoms with Crippen LogP contribution in [0, 0.1) is 6.92 Å². The average molecular weight is 324 g/mol. The molecule has 0 N–H and O–H groups in total. The van der Waals surface area contributed by atoms with Gasteiger partial charge in [-0.3, -0.25) is 4.79 Å². The maximum absolute atomic E-state index is 11.9. The van der Waals surface area contributed by atoms with E-state index < -0.39 is 0 Å². The van der Waals surface area contributed by atoms with Crippen molar-refractivity contribution in [3.63, 3.8) is 0 Å². The number of hydrogen-bond donors (Lipinski definition) is 0. The summed E-state index contributed by atoms with van der Waals surface area (Å²) >= 11 is 3.22. The molecule has 0 spiro atoms. The van der Waals surface area contributed by atoms with Crippen molar-refractivity contribution in [1.82, 2.24) is 5.16 Å². The van der Waals surface area contributed by atoms with Gasteiger partial charge in [0.15, 0.2) is 0 Å². The molecule has 0 radical (unpaired) electrons. The van der Waals surface area contributed by atoms with E-state index in [-0.39, 0.29) is 18.5 Å². The summed E-state index contributed by atoms with van der Waals surface area (Å²) in [6.45, 7) is 3.64. The van der Waals surface area contributed by atoms with Gasteiger partial charge in [0.1, 0.15) is 6.10 Å². The molecule has 1 atom stereocenters. The number of carbonyl (C=O) groups is 1. The Morgan fingerprint density at radius 1 is 1.42 bits per heavy atom. The fraction of sp³-hybridized carbons (Fsp3) is 0.286. The molecule has 0 aliphatic carbocycles. The average Bonchev–Trinajstić information content (AvgIpc) is 2.71. The minimum absolute atomic E-state index is 0.146. The summed E-state index contributed by atoms with van der Waals surface area (Å²) in [5.41, 5.74) is 2.39. The highest BCUT2D eigenvalue weighted by Crippen LogP contribution is 2.22. The molecule has 0 saturated carbocycles. The first-order valence-corrected chi connectivity index (χ1v) is 6.72. The zero-order valence-electron chi connectivity index (χ0n) is 10.7. The van der Waals surface area contributed by atoms with Crippen LogP contribution >= 0.6 is 15.9 Å². The van der Waals surface area contributed by atoms with Crippen LogP contribution in [0.3, 0.4) is 0 Å². The lowest BCUT2D eigenvalue weighted by Crippen LogP contribution is -2.11. The van der Waals surface area contributed by atoms with Crippen LogP contribution in [0.2, 0.25) is 0 Å². The number of benzene rings is 1. The highest BCUT2D eigenvalue weighted by molar-refractivity contribution is 9.10. The summed E-state index contributed by atoms with van der Waals surface area (Å²) in [7, 11) is 0. The topological polar surface area (TPSA) is 52.3 Å². The van der Waals surface area contributed by atoms with Gasteiger partial charge in [-0.15, -0.1) is 0 Å². The van der Waals surface area contributed by atoms with Crippen molar-refractivity contribution in [2.45, 2.75) is 26.4 Å². The Kier molecular flexibility index (Phi) is 4.37. The Morgan fingerprint density at radius 3 is 2.68 bits per heavy atom. The van der Waals surface area contributed by atoms with Gasteiger partial charge < -0.3 is 9.26 Å². The third-order valence-electron chi connectivity index (χ3n) is 2.84. The molecule has 0 aliphatic heterocycles. The molecule has 0 amide bonds.